The molecule has 1 heterocycles. The minimum Gasteiger partial charge on any atom is -0.325 e. The number of anilines is 2. The summed E-state index contributed by atoms with van der Waals surface area (Å²) in [5.41, 5.74) is 1.06. The van der Waals surface area contributed by atoms with Crippen LogP contribution in [0.2, 0.25) is 0 Å². The Morgan fingerprint density at radius 2 is 1.43 bits per heavy atom. The van der Waals surface area contributed by atoms with Crippen molar-refractivity contribution >= 4 is 33.2 Å². The largest absolute Gasteiger partial charge is 0.325 e. The van der Waals surface area contributed by atoms with Gasteiger partial charge in [0.15, 0.2) is 0 Å². The quantitative estimate of drug-likeness (QED) is 0.805. The second kappa shape index (κ2) is 8.53. The van der Waals surface area contributed by atoms with Gasteiger partial charge in [-0.1, -0.05) is 30.3 Å². The Balaban J connectivity index is 1.63. The number of amides is 2. The van der Waals surface area contributed by atoms with Gasteiger partial charge in [-0.3, -0.25) is 9.59 Å². The monoisotopic (exact) mass is 401 g/mol. The molecule has 1 fully saturated rings. The molecule has 0 radical (unpaired) electrons. The lowest BCUT2D eigenvalue weighted by atomic mass is 9.97. The van der Waals surface area contributed by atoms with E-state index in [2.05, 4.69) is 10.6 Å². The zero-order valence-corrected chi connectivity index (χ0v) is 16.4. The topological polar surface area (TPSA) is 95.6 Å². The van der Waals surface area contributed by atoms with Crippen LogP contribution in [0.4, 0.5) is 11.4 Å². The third kappa shape index (κ3) is 4.58. The van der Waals surface area contributed by atoms with Gasteiger partial charge in [-0.2, -0.15) is 4.31 Å². The van der Waals surface area contributed by atoms with Gasteiger partial charge in [0, 0.05) is 25.9 Å². The molecule has 2 aromatic rings. The van der Waals surface area contributed by atoms with Crippen molar-refractivity contribution in [1.29, 1.82) is 0 Å². The highest BCUT2D eigenvalue weighted by atomic mass is 32.2. The van der Waals surface area contributed by atoms with Crippen LogP contribution in [0.3, 0.4) is 0 Å². The second-order valence-corrected chi connectivity index (χ2v) is 8.65. The lowest BCUT2D eigenvalue weighted by molar-refractivity contribution is -0.121. The number of piperidine rings is 1. The number of para-hydroxylation sites is 2. The number of benzene rings is 2. The molecule has 0 unspecified atom stereocenters. The van der Waals surface area contributed by atoms with Crippen LogP contribution in [0.15, 0.2) is 59.5 Å². The number of hydrogen-bond acceptors (Lipinski definition) is 4. The molecule has 0 aliphatic carbocycles. The average molecular weight is 401 g/mol. The van der Waals surface area contributed by atoms with E-state index in [-0.39, 0.29) is 22.6 Å². The van der Waals surface area contributed by atoms with Crippen LogP contribution in [0.1, 0.15) is 19.8 Å². The van der Waals surface area contributed by atoms with E-state index in [0.29, 0.717) is 37.3 Å². The molecule has 0 spiro atoms. The zero-order chi connectivity index (χ0) is 20.1. The Kier molecular flexibility index (Phi) is 6.11. The summed E-state index contributed by atoms with van der Waals surface area (Å²) in [7, 11) is -3.54. The van der Waals surface area contributed by atoms with E-state index >= 15 is 0 Å². The van der Waals surface area contributed by atoms with Gasteiger partial charge in [0.05, 0.1) is 16.3 Å². The maximum Gasteiger partial charge on any atom is 0.243 e. The van der Waals surface area contributed by atoms with Gasteiger partial charge < -0.3 is 10.6 Å². The molecule has 1 aliphatic rings. The van der Waals surface area contributed by atoms with Crippen LogP contribution in [0, 0.1) is 5.92 Å². The van der Waals surface area contributed by atoms with Crippen molar-refractivity contribution in [3.63, 3.8) is 0 Å². The number of hydrogen-bond donors (Lipinski definition) is 2. The summed E-state index contributed by atoms with van der Waals surface area (Å²) in [5, 5.41) is 5.53. The van der Waals surface area contributed by atoms with E-state index in [1.54, 1.807) is 54.6 Å². The fourth-order valence-corrected chi connectivity index (χ4v) is 4.72. The molecule has 148 valence electrons. The Labute approximate surface area is 164 Å². The summed E-state index contributed by atoms with van der Waals surface area (Å²) in [5.74, 6) is -0.678. The Morgan fingerprint density at radius 3 is 2.00 bits per heavy atom. The first-order valence-electron chi connectivity index (χ1n) is 9.10. The van der Waals surface area contributed by atoms with Crippen molar-refractivity contribution in [1.82, 2.24) is 4.31 Å². The second-order valence-electron chi connectivity index (χ2n) is 6.71. The molecule has 1 aliphatic heterocycles. The van der Waals surface area contributed by atoms with Gasteiger partial charge in [-0.15, -0.1) is 0 Å². The van der Waals surface area contributed by atoms with Crippen LogP contribution in [0.25, 0.3) is 0 Å². The first kappa shape index (κ1) is 20.0. The van der Waals surface area contributed by atoms with E-state index in [9.17, 15) is 18.0 Å². The Hall–Kier alpha value is -2.71. The van der Waals surface area contributed by atoms with Crippen molar-refractivity contribution in [2.75, 3.05) is 23.7 Å². The third-order valence-electron chi connectivity index (χ3n) is 4.70. The third-order valence-corrected chi connectivity index (χ3v) is 6.61. The van der Waals surface area contributed by atoms with E-state index in [4.69, 9.17) is 0 Å². The number of carbonyl (C=O) groups excluding carboxylic acids is 2. The molecule has 2 aromatic carbocycles. The van der Waals surface area contributed by atoms with Crippen molar-refractivity contribution in [3.8, 4) is 0 Å². The highest BCUT2D eigenvalue weighted by Crippen LogP contribution is 2.26. The molecule has 8 heteroatoms. The lowest BCUT2D eigenvalue weighted by Crippen LogP contribution is -2.41. The van der Waals surface area contributed by atoms with Crippen molar-refractivity contribution in [2.24, 2.45) is 5.92 Å². The minimum atomic E-state index is -3.54. The number of rotatable bonds is 5. The molecule has 1 saturated heterocycles. The SMILES string of the molecule is CC(=O)Nc1ccccc1NC(=O)C1CCN(S(=O)(=O)c2ccccc2)CC1. The molecule has 0 aromatic heterocycles. The van der Waals surface area contributed by atoms with Crippen LogP contribution < -0.4 is 10.6 Å². The molecule has 2 amide bonds. The fraction of sp³-hybridized carbons (Fsp3) is 0.300. The summed E-state index contributed by atoms with van der Waals surface area (Å²) in [6.45, 7) is 1.99. The number of carbonyl (C=O) groups is 2. The van der Waals surface area contributed by atoms with Crippen molar-refractivity contribution < 1.29 is 18.0 Å². The van der Waals surface area contributed by atoms with E-state index in [1.807, 2.05) is 0 Å². The highest BCUT2D eigenvalue weighted by Gasteiger charge is 2.32. The average Bonchev–Trinajstić information content (AvgIpc) is 2.70. The van der Waals surface area contributed by atoms with Crippen LogP contribution in [0.5, 0.6) is 0 Å². The van der Waals surface area contributed by atoms with E-state index < -0.39 is 10.0 Å². The van der Waals surface area contributed by atoms with E-state index in [0.717, 1.165) is 0 Å². The summed E-state index contributed by atoms with van der Waals surface area (Å²) < 4.78 is 26.8. The summed E-state index contributed by atoms with van der Waals surface area (Å²) in [6, 6.07) is 15.3. The maximum absolute atomic E-state index is 12.7. The van der Waals surface area contributed by atoms with Crippen LogP contribution in [-0.2, 0) is 19.6 Å². The number of nitrogens with zero attached hydrogens (tertiary/aromatic N) is 1. The van der Waals surface area contributed by atoms with E-state index in [1.165, 1.54) is 11.2 Å². The molecule has 7 nitrogen and oxygen atoms in total. The molecule has 3 rings (SSSR count). The molecular weight excluding hydrogens is 378 g/mol. The Morgan fingerprint density at radius 1 is 0.893 bits per heavy atom. The fourth-order valence-electron chi connectivity index (χ4n) is 3.23. The molecular formula is C20H23N3O4S. The summed E-state index contributed by atoms with van der Waals surface area (Å²) >= 11 is 0. The number of sulfonamides is 1. The first-order chi connectivity index (χ1) is 13.4. The van der Waals surface area contributed by atoms with Gasteiger partial charge in [0.25, 0.3) is 0 Å². The van der Waals surface area contributed by atoms with Crippen LogP contribution >= 0.6 is 0 Å². The molecule has 28 heavy (non-hydrogen) atoms. The highest BCUT2D eigenvalue weighted by molar-refractivity contribution is 7.89. The van der Waals surface area contributed by atoms with Crippen molar-refractivity contribution in [3.05, 3.63) is 54.6 Å². The zero-order valence-electron chi connectivity index (χ0n) is 15.6. The smallest absolute Gasteiger partial charge is 0.243 e. The maximum atomic E-state index is 12.7. The Bertz CT molecular complexity index is 952. The normalized spacial score (nSPS) is 15.8. The minimum absolute atomic E-state index is 0.172. The predicted octanol–water partition coefficient (Wildman–Crippen LogP) is 2.68. The number of nitrogens with one attached hydrogen (secondary N) is 2. The summed E-state index contributed by atoms with van der Waals surface area (Å²) in [6.07, 6.45) is 0.889. The van der Waals surface area contributed by atoms with Gasteiger partial charge in [0.1, 0.15) is 0 Å². The van der Waals surface area contributed by atoms with Crippen LogP contribution in [-0.4, -0.2) is 37.6 Å². The molecule has 0 bridgehead atoms. The standard InChI is InChI=1S/C20H23N3O4S/c1-15(24)21-18-9-5-6-10-19(18)22-20(25)16-11-13-23(14-12-16)28(26,27)17-7-3-2-4-8-17/h2-10,16H,11-14H2,1H3,(H,21,24)(H,22,25). The first-order valence-corrected chi connectivity index (χ1v) is 10.5. The van der Waals surface area contributed by atoms with Gasteiger partial charge in [-0.05, 0) is 37.1 Å². The van der Waals surface area contributed by atoms with Crippen molar-refractivity contribution in [2.45, 2.75) is 24.7 Å². The molecule has 0 saturated carbocycles. The van der Waals surface area contributed by atoms with Gasteiger partial charge >= 0.3 is 0 Å². The molecule has 2 N–H and O–H groups in total. The van der Waals surface area contributed by atoms with Gasteiger partial charge in [0.2, 0.25) is 21.8 Å². The summed E-state index contributed by atoms with van der Waals surface area (Å²) in [4.78, 5) is 24.2. The van der Waals surface area contributed by atoms with Gasteiger partial charge in [-0.25, -0.2) is 8.42 Å². The predicted molar refractivity (Wildman–Crippen MR) is 107 cm³/mol. The lowest BCUT2D eigenvalue weighted by Gasteiger charge is -2.30. The molecule has 0 atom stereocenters.